The molecule has 2 N–H and O–H groups in total. The number of anilines is 1. The Kier molecular flexibility index (Phi) is 6.92. The highest BCUT2D eigenvalue weighted by atomic mass is 32.2. The van der Waals surface area contributed by atoms with Crippen LogP contribution in [0.5, 0.6) is 5.75 Å². The van der Waals surface area contributed by atoms with Crippen molar-refractivity contribution in [2.45, 2.75) is 37.9 Å². The van der Waals surface area contributed by atoms with Crippen LogP contribution in [0.15, 0.2) is 43.1 Å². The van der Waals surface area contributed by atoms with Crippen molar-refractivity contribution in [3.63, 3.8) is 0 Å². The molecule has 3 aromatic rings. The van der Waals surface area contributed by atoms with Crippen molar-refractivity contribution in [3.8, 4) is 11.6 Å². The van der Waals surface area contributed by atoms with E-state index in [1.807, 2.05) is 6.92 Å². The smallest absolute Gasteiger partial charge is 0.422 e. The second kappa shape index (κ2) is 10.0. The Balaban J connectivity index is 1.53. The summed E-state index contributed by atoms with van der Waals surface area (Å²) in [4.78, 5) is 30.6. The third kappa shape index (κ3) is 5.82. The fourth-order valence-electron chi connectivity index (χ4n) is 5.18. The van der Waals surface area contributed by atoms with Gasteiger partial charge in [0, 0.05) is 18.9 Å². The maximum absolute atomic E-state index is 13.6. The predicted octanol–water partition coefficient (Wildman–Crippen LogP) is 3.35. The Morgan fingerprint density at radius 2 is 2.02 bits per heavy atom. The van der Waals surface area contributed by atoms with Gasteiger partial charge < -0.3 is 15.4 Å². The minimum Gasteiger partial charge on any atom is -0.484 e. The average molecular weight is 590 g/mol. The van der Waals surface area contributed by atoms with Gasteiger partial charge in [-0.2, -0.15) is 23.0 Å². The van der Waals surface area contributed by atoms with Crippen LogP contribution in [-0.4, -0.2) is 59.8 Å². The summed E-state index contributed by atoms with van der Waals surface area (Å²) in [5.74, 6) is -1.86. The van der Waals surface area contributed by atoms with Crippen LogP contribution in [0.2, 0.25) is 0 Å². The van der Waals surface area contributed by atoms with Gasteiger partial charge >= 0.3 is 6.18 Å². The minimum absolute atomic E-state index is 0.0225. The molecule has 14 heteroatoms. The molecule has 0 saturated carbocycles. The maximum atomic E-state index is 13.6. The van der Waals surface area contributed by atoms with E-state index >= 15 is 0 Å². The van der Waals surface area contributed by atoms with Crippen molar-refractivity contribution in [1.29, 1.82) is 0 Å². The number of halogens is 3. The molecule has 2 aliphatic rings. The van der Waals surface area contributed by atoms with E-state index in [1.165, 1.54) is 10.7 Å². The molecule has 0 unspecified atom stereocenters. The van der Waals surface area contributed by atoms with Crippen molar-refractivity contribution in [3.05, 3.63) is 71.1 Å². The zero-order valence-corrected chi connectivity index (χ0v) is 22.9. The van der Waals surface area contributed by atoms with E-state index in [-0.39, 0.29) is 29.4 Å². The number of carbonyl (C=O) groups excluding carboxylic acids is 2. The first-order valence-electron chi connectivity index (χ1n) is 12.5. The van der Waals surface area contributed by atoms with Gasteiger partial charge in [0.05, 0.1) is 11.2 Å². The van der Waals surface area contributed by atoms with E-state index in [0.717, 1.165) is 28.5 Å². The lowest BCUT2D eigenvalue weighted by molar-refractivity contribution is -0.153. The van der Waals surface area contributed by atoms with Crippen molar-refractivity contribution >= 4 is 33.0 Å². The first kappa shape index (κ1) is 28.3. The number of fused-ring (bicyclic) bond motifs is 3. The van der Waals surface area contributed by atoms with Gasteiger partial charge in [-0.3, -0.25) is 9.59 Å². The van der Waals surface area contributed by atoms with Gasteiger partial charge in [-0.15, -0.1) is 0 Å². The lowest BCUT2D eigenvalue weighted by Gasteiger charge is -2.35. The third-order valence-electron chi connectivity index (χ3n) is 6.93. The van der Waals surface area contributed by atoms with Crippen LogP contribution in [0.25, 0.3) is 11.4 Å². The molecular formula is C27H26F3N5O5S. The highest BCUT2D eigenvalue weighted by molar-refractivity contribution is 7.91. The van der Waals surface area contributed by atoms with E-state index in [9.17, 15) is 31.2 Å². The standard InChI is InChI=1S/C27H26F3N5O5S/c1-15(2)17-4-7-21(31-12-17)35-24(32-22(36)13-41(3,38)39)23-20(34-35)11-26(33-25(23)37)9-8-16-10-18(5-6-19(16)26)40-14-27(28,29)30/h4-7,10,12H,1,8-9,11,13-14H2,2-3H3,(H,32,36)(H,33,37)/t26-/m0/s1. The van der Waals surface area contributed by atoms with Crippen molar-refractivity contribution < 1.29 is 35.9 Å². The number of ether oxygens (including phenoxy) is 1. The summed E-state index contributed by atoms with van der Waals surface area (Å²) in [5.41, 5.74) is 2.56. The van der Waals surface area contributed by atoms with Gasteiger partial charge in [-0.05, 0) is 66.3 Å². The first-order valence-corrected chi connectivity index (χ1v) is 14.6. The summed E-state index contributed by atoms with van der Waals surface area (Å²) in [5, 5.41) is 10.2. The molecule has 1 spiro atoms. The summed E-state index contributed by atoms with van der Waals surface area (Å²) in [6, 6.07) is 8.00. The molecule has 1 aliphatic carbocycles. The fraction of sp³-hybridized carbons (Fsp3) is 0.333. The third-order valence-corrected chi connectivity index (χ3v) is 7.72. The van der Waals surface area contributed by atoms with E-state index in [1.54, 1.807) is 30.5 Å². The first-order chi connectivity index (χ1) is 19.1. The Labute approximate surface area is 233 Å². The molecule has 10 nitrogen and oxygen atoms in total. The zero-order valence-electron chi connectivity index (χ0n) is 22.1. The number of benzene rings is 1. The summed E-state index contributed by atoms with van der Waals surface area (Å²) in [6.45, 7) is 4.28. The lowest BCUT2D eigenvalue weighted by atomic mass is 9.82. The molecule has 5 rings (SSSR count). The van der Waals surface area contributed by atoms with Gasteiger partial charge in [-0.25, -0.2) is 13.4 Å². The Bertz CT molecular complexity index is 1680. The van der Waals surface area contributed by atoms with Crippen molar-refractivity contribution in [2.75, 3.05) is 23.9 Å². The molecule has 1 atom stereocenters. The highest BCUT2D eigenvalue weighted by Gasteiger charge is 2.47. The molecule has 0 radical (unpaired) electrons. The monoisotopic (exact) mass is 589 g/mol. The fourth-order valence-corrected chi connectivity index (χ4v) is 5.73. The molecule has 216 valence electrons. The topological polar surface area (TPSA) is 132 Å². The molecule has 1 aromatic carbocycles. The molecule has 2 aromatic heterocycles. The maximum Gasteiger partial charge on any atom is 0.422 e. The van der Waals surface area contributed by atoms with E-state index in [2.05, 4.69) is 27.3 Å². The number of rotatable bonds is 7. The molecule has 2 amide bonds. The quantitative estimate of drug-likeness (QED) is 0.432. The van der Waals surface area contributed by atoms with E-state index in [0.29, 0.717) is 18.5 Å². The van der Waals surface area contributed by atoms with E-state index < -0.39 is 45.7 Å². The number of aryl methyl sites for hydroxylation is 1. The van der Waals surface area contributed by atoms with Crippen molar-refractivity contribution in [2.24, 2.45) is 0 Å². The Hall–Kier alpha value is -4.20. The average Bonchev–Trinajstić information content (AvgIpc) is 3.39. The van der Waals surface area contributed by atoms with Crippen LogP contribution in [-0.2, 0) is 33.0 Å². The molecule has 0 bridgehead atoms. The van der Waals surface area contributed by atoms with Gasteiger partial charge in [0.1, 0.15) is 17.1 Å². The Morgan fingerprint density at radius 1 is 1.27 bits per heavy atom. The van der Waals surface area contributed by atoms with E-state index in [4.69, 9.17) is 4.74 Å². The van der Waals surface area contributed by atoms with Gasteiger partial charge in [0.15, 0.2) is 28.1 Å². The summed E-state index contributed by atoms with van der Waals surface area (Å²) in [7, 11) is -3.66. The van der Waals surface area contributed by atoms with Crippen LogP contribution in [0.3, 0.4) is 0 Å². The second-order valence-electron chi connectivity index (χ2n) is 10.3. The minimum atomic E-state index is -4.47. The van der Waals surface area contributed by atoms with Crippen molar-refractivity contribution in [1.82, 2.24) is 20.1 Å². The number of hydrogen-bond acceptors (Lipinski definition) is 7. The van der Waals surface area contributed by atoms with Crippen LogP contribution in [0.4, 0.5) is 19.0 Å². The molecule has 0 saturated heterocycles. The largest absolute Gasteiger partial charge is 0.484 e. The molecule has 1 aliphatic heterocycles. The number of allylic oxidation sites excluding steroid dienone is 1. The van der Waals surface area contributed by atoms with Crippen LogP contribution < -0.4 is 15.4 Å². The van der Waals surface area contributed by atoms with Crippen LogP contribution in [0, 0.1) is 0 Å². The molecule has 41 heavy (non-hydrogen) atoms. The normalized spacial score (nSPS) is 18.0. The number of aromatic nitrogens is 3. The number of nitrogens with zero attached hydrogens (tertiary/aromatic N) is 3. The number of alkyl halides is 3. The number of hydrogen-bond donors (Lipinski definition) is 2. The Morgan fingerprint density at radius 3 is 2.66 bits per heavy atom. The SMILES string of the molecule is C=C(C)c1ccc(-n2nc3c(c2NC(=O)CS(C)(=O)=O)C(=O)N[C@@]2(CCc4cc(OCC(F)(F)F)ccc42)C3)nc1. The van der Waals surface area contributed by atoms with Gasteiger partial charge in [0.2, 0.25) is 5.91 Å². The zero-order chi connectivity index (χ0) is 29.7. The lowest BCUT2D eigenvalue weighted by Crippen LogP contribution is -2.49. The number of amides is 2. The van der Waals surface area contributed by atoms with Gasteiger partial charge in [-0.1, -0.05) is 12.6 Å². The predicted molar refractivity (Wildman–Crippen MR) is 144 cm³/mol. The molecule has 0 fully saturated rings. The molecular weight excluding hydrogens is 563 g/mol. The van der Waals surface area contributed by atoms with Gasteiger partial charge in [0.25, 0.3) is 5.91 Å². The summed E-state index contributed by atoms with van der Waals surface area (Å²) >= 11 is 0. The second-order valence-corrected chi connectivity index (χ2v) is 12.5. The molecule has 3 heterocycles. The number of pyridine rings is 1. The summed E-state index contributed by atoms with van der Waals surface area (Å²) < 4.78 is 67.5. The number of nitrogens with one attached hydrogen (secondary N) is 2. The van der Waals surface area contributed by atoms with Crippen LogP contribution in [0.1, 0.15) is 46.1 Å². The highest BCUT2D eigenvalue weighted by Crippen LogP contribution is 2.44. The summed E-state index contributed by atoms with van der Waals surface area (Å²) in [6.07, 6.45) is -0.823. The number of sulfone groups is 1. The number of carbonyl (C=O) groups is 2. The van der Waals surface area contributed by atoms with Crippen LogP contribution >= 0.6 is 0 Å².